The van der Waals surface area contributed by atoms with Crippen molar-refractivity contribution in [3.05, 3.63) is 29.3 Å². The summed E-state index contributed by atoms with van der Waals surface area (Å²) in [4.78, 5) is 2.69. The van der Waals surface area contributed by atoms with E-state index in [1.165, 1.54) is 30.5 Å². The molecule has 2 unspecified atom stereocenters. The maximum absolute atomic E-state index is 5.42. The number of ether oxygens (including phenoxy) is 1. The summed E-state index contributed by atoms with van der Waals surface area (Å²) in [6, 6.07) is 7.62. The van der Waals surface area contributed by atoms with Crippen LogP contribution in [0.3, 0.4) is 0 Å². The predicted octanol–water partition coefficient (Wildman–Crippen LogP) is 3.00. The van der Waals surface area contributed by atoms with Crippen molar-refractivity contribution in [2.75, 3.05) is 26.7 Å². The number of hydrogen-bond donors (Lipinski definition) is 1. The molecule has 0 radical (unpaired) electrons. The van der Waals surface area contributed by atoms with Crippen molar-refractivity contribution in [1.29, 1.82) is 0 Å². The Kier molecular flexibility index (Phi) is 4.51. The molecule has 3 heteroatoms. The quantitative estimate of drug-likeness (QED) is 0.835. The van der Waals surface area contributed by atoms with Crippen LogP contribution < -0.4 is 10.1 Å². The molecule has 0 saturated heterocycles. The van der Waals surface area contributed by atoms with E-state index < -0.39 is 0 Å². The second kappa shape index (κ2) is 6.37. The van der Waals surface area contributed by atoms with Crippen molar-refractivity contribution in [2.45, 2.75) is 45.2 Å². The van der Waals surface area contributed by atoms with E-state index in [9.17, 15) is 0 Å². The van der Waals surface area contributed by atoms with E-state index in [4.69, 9.17) is 4.74 Å². The van der Waals surface area contributed by atoms with Gasteiger partial charge in [-0.3, -0.25) is 4.90 Å². The molecule has 2 aliphatic carbocycles. The first-order valence-corrected chi connectivity index (χ1v) is 8.41. The lowest BCUT2D eigenvalue weighted by molar-refractivity contribution is 0.168. The number of nitrogens with zero attached hydrogens (tertiary/aromatic N) is 1. The zero-order chi connectivity index (χ0) is 14.8. The second-order valence-corrected chi connectivity index (χ2v) is 6.40. The minimum absolute atomic E-state index is 0.443. The SMILES string of the molecule is CCNC1c2cc(OC)ccc2CC1N(CC)CC1CC1. The highest BCUT2D eigenvalue weighted by molar-refractivity contribution is 5.42. The van der Waals surface area contributed by atoms with Crippen molar-refractivity contribution >= 4 is 0 Å². The summed E-state index contributed by atoms with van der Waals surface area (Å²) in [5.74, 6) is 1.92. The van der Waals surface area contributed by atoms with E-state index >= 15 is 0 Å². The summed E-state index contributed by atoms with van der Waals surface area (Å²) < 4.78 is 5.42. The lowest BCUT2D eigenvalue weighted by Gasteiger charge is -2.33. The Hall–Kier alpha value is -1.06. The number of rotatable bonds is 7. The van der Waals surface area contributed by atoms with Gasteiger partial charge in [0.05, 0.1) is 7.11 Å². The molecule has 0 aliphatic heterocycles. The van der Waals surface area contributed by atoms with Crippen LogP contribution in [0.2, 0.25) is 0 Å². The average molecular weight is 288 g/mol. The van der Waals surface area contributed by atoms with Crippen LogP contribution in [0.25, 0.3) is 0 Å². The lowest BCUT2D eigenvalue weighted by Crippen LogP contribution is -2.43. The van der Waals surface area contributed by atoms with Crippen LogP contribution in [0.4, 0.5) is 0 Å². The van der Waals surface area contributed by atoms with Crippen LogP contribution in [0.1, 0.15) is 43.9 Å². The topological polar surface area (TPSA) is 24.5 Å². The van der Waals surface area contributed by atoms with Gasteiger partial charge in [0.2, 0.25) is 0 Å². The molecule has 3 nitrogen and oxygen atoms in total. The van der Waals surface area contributed by atoms with E-state index in [1.54, 1.807) is 7.11 Å². The van der Waals surface area contributed by atoms with Gasteiger partial charge < -0.3 is 10.1 Å². The van der Waals surface area contributed by atoms with E-state index in [0.717, 1.165) is 31.2 Å². The molecule has 3 rings (SSSR count). The van der Waals surface area contributed by atoms with Crippen LogP contribution in [0, 0.1) is 5.92 Å². The Balaban J connectivity index is 1.83. The summed E-state index contributed by atoms with van der Waals surface area (Å²) in [5.41, 5.74) is 2.93. The standard InChI is InChI=1S/C18H28N2O/c1-4-19-18-16-11-15(21-3)9-8-14(16)10-17(18)20(5-2)12-13-6-7-13/h8-9,11,13,17-19H,4-7,10,12H2,1-3H3. The molecule has 1 fully saturated rings. The maximum atomic E-state index is 5.42. The van der Waals surface area contributed by atoms with Crippen LogP contribution in [-0.2, 0) is 6.42 Å². The van der Waals surface area contributed by atoms with Crippen LogP contribution in [0.5, 0.6) is 5.75 Å². The molecular weight excluding hydrogens is 260 g/mol. The molecule has 21 heavy (non-hydrogen) atoms. The molecule has 116 valence electrons. The normalized spacial score (nSPS) is 24.4. The van der Waals surface area contributed by atoms with Gasteiger partial charge >= 0.3 is 0 Å². The van der Waals surface area contributed by atoms with E-state index in [2.05, 4.69) is 42.3 Å². The van der Waals surface area contributed by atoms with Crippen molar-refractivity contribution in [3.63, 3.8) is 0 Å². The van der Waals surface area contributed by atoms with Gasteiger partial charge in [-0.25, -0.2) is 0 Å². The summed E-state index contributed by atoms with van der Waals surface area (Å²) in [5, 5.41) is 3.71. The highest BCUT2D eigenvalue weighted by Gasteiger charge is 2.37. The fourth-order valence-electron chi connectivity index (χ4n) is 3.66. The fourth-order valence-corrected chi connectivity index (χ4v) is 3.66. The van der Waals surface area contributed by atoms with Crippen molar-refractivity contribution < 1.29 is 4.74 Å². The fraction of sp³-hybridized carbons (Fsp3) is 0.667. The molecular formula is C18H28N2O. The number of fused-ring (bicyclic) bond motifs is 1. The Bertz CT molecular complexity index is 484. The first-order chi connectivity index (χ1) is 10.3. The van der Waals surface area contributed by atoms with Gasteiger partial charge in [-0.05, 0) is 61.5 Å². The molecule has 0 heterocycles. The van der Waals surface area contributed by atoms with Crippen molar-refractivity contribution in [3.8, 4) is 5.75 Å². The zero-order valence-corrected chi connectivity index (χ0v) is 13.6. The van der Waals surface area contributed by atoms with Crippen LogP contribution in [-0.4, -0.2) is 37.7 Å². The number of benzene rings is 1. The van der Waals surface area contributed by atoms with Crippen LogP contribution in [0.15, 0.2) is 18.2 Å². The van der Waals surface area contributed by atoms with E-state index in [0.29, 0.717) is 12.1 Å². The first-order valence-electron chi connectivity index (χ1n) is 8.41. The van der Waals surface area contributed by atoms with E-state index in [1.807, 2.05) is 0 Å². The van der Waals surface area contributed by atoms with Crippen LogP contribution >= 0.6 is 0 Å². The molecule has 1 aromatic rings. The minimum atomic E-state index is 0.443. The highest BCUT2D eigenvalue weighted by Crippen LogP contribution is 2.38. The molecule has 1 N–H and O–H groups in total. The largest absolute Gasteiger partial charge is 0.497 e. The number of methoxy groups -OCH3 is 1. The minimum Gasteiger partial charge on any atom is -0.497 e. The molecule has 2 aliphatic rings. The second-order valence-electron chi connectivity index (χ2n) is 6.40. The number of hydrogen-bond acceptors (Lipinski definition) is 3. The Morgan fingerprint density at radius 3 is 2.71 bits per heavy atom. The third kappa shape index (κ3) is 3.09. The Labute approximate surface area is 128 Å². The maximum Gasteiger partial charge on any atom is 0.119 e. The van der Waals surface area contributed by atoms with Gasteiger partial charge in [0.25, 0.3) is 0 Å². The lowest BCUT2D eigenvalue weighted by atomic mass is 10.1. The predicted molar refractivity (Wildman–Crippen MR) is 86.9 cm³/mol. The third-order valence-corrected chi connectivity index (χ3v) is 4.99. The molecule has 0 bridgehead atoms. The summed E-state index contributed by atoms with van der Waals surface area (Å²) >= 11 is 0. The monoisotopic (exact) mass is 288 g/mol. The smallest absolute Gasteiger partial charge is 0.119 e. The summed E-state index contributed by atoms with van der Waals surface area (Å²) in [6.07, 6.45) is 4.02. The molecule has 0 spiro atoms. The molecule has 1 saturated carbocycles. The van der Waals surface area contributed by atoms with Crippen molar-refractivity contribution in [2.24, 2.45) is 5.92 Å². The number of nitrogens with one attached hydrogen (secondary N) is 1. The van der Waals surface area contributed by atoms with Gasteiger partial charge in [-0.2, -0.15) is 0 Å². The molecule has 1 aromatic carbocycles. The summed E-state index contributed by atoms with van der Waals surface area (Å²) in [6.45, 7) is 7.93. The molecule has 0 amide bonds. The van der Waals surface area contributed by atoms with Gasteiger partial charge in [0.1, 0.15) is 5.75 Å². The highest BCUT2D eigenvalue weighted by atomic mass is 16.5. The summed E-state index contributed by atoms with van der Waals surface area (Å²) in [7, 11) is 1.75. The first kappa shape index (κ1) is 14.9. The molecule has 2 atom stereocenters. The zero-order valence-electron chi connectivity index (χ0n) is 13.6. The van der Waals surface area contributed by atoms with Gasteiger partial charge in [0.15, 0.2) is 0 Å². The van der Waals surface area contributed by atoms with E-state index in [-0.39, 0.29) is 0 Å². The Morgan fingerprint density at radius 2 is 2.10 bits per heavy atom. The van der Waals surface area contributed by atoms with Gasteiger partial charge in [-0.15, -0.1) is 0 Å². The Morgan fingerprint density at radius 1 is 1.29 bits per heavy atom. The van der Waals surface area contributed by atoms with Crippen molar-refractivity contribution in [1.82, 2.24) is 10.2 Å². The third-order valence-electron chi connectivity index (χ3n) is 4.99. The molecule has 0 aromatic heterocycles. The van der Waals surface area contributed by atoms with Gasteiger partial charge in [0, 0.05) is 18.6 Å². The van der Waals surface area contributed by atoms with Gasteiger partial charge in [-0.1, -0.05) is 19.9 Å². The number of likely N-dealkylation sites (N-methyl/N-ethyl adjacent to an activating group) is 2. The average Bonchev–Trinajstić information content (AvgIpc) is 3.27.